The molecule has 0 aliphatic rings. The molecule has 0 heterocycles. The Morgan fingerprint density at radius 1 is 0.892 bits per heavy atom. The fraction of sp³-hybridized carbons (Fsp3) is 0.321. The molecular weight excluding hydrogens is 506 g/mol. The fourth-order valence-electron chi connectivity index (χ4n) is 3.47. The molecule has 0 saturated heterocycles. The number of rotatable bonds is 9. The maximum absolute atomic E-state index is 14.2. The highest BCUT2D eigenvalue weighted by Gasteiger charge is 2.41. The van der Waals surface area contributed by atoms with Crippen molar-refractivity contribution in [3.63, 3.8) is 0 Å². The first-order valence-corrected chi connectivity index (χ1v) is 16.3. The highest BCUT2D eigenvalue weighted by molar-refractivity contribution is 7.92. The predicted molar refractivity (Wildman–Crippen MR) is 148 cm³/mol. The average Bonchev–Trinajstić information content (AvgIpc) is 2.86. The highest BCUT2D eigenvalue weighted by Crippen LogP contribution is 2.43. The van der Waals surface area contributed by atoms with Crippen LogP contribution in [0, 0.1) is 0 Å². The largest absolute Gasteiger partial charge is 0.542 e. The number of esters is 1. The van der Waals surface area contributed by atoms with Crippen molar-refractivity contribution >= 4 is 30.0 Å². The first-order valence-electron chi connectivity index (χ1n) is 11.9. The van der Waals surface area contributed by atoms with Gasteiger partial charge in [0, 0.05) is 0 Å². The van der Waals surface area contributed by atoms with Crippen molar-refractivity contribution in [3.8, 4) is 11.5 Å². The minimum Gasteiger partial charge on any atom is -0.542 e. The molecule has 3 rings (SSSR count). The van der Waals surface area contributed by atoms with Gasteiger partial charge < -0.3 is 13.9 Å². The second kappa shape index (κ2) is 11.0. The van der Waals surface area contributed by atoms with E-state index in [-0.39, 0.29) is 27.7 Å². The third kappa shape index (κ3) is 6.16. The van der Waals surface area contributed by atoms with E-state index in [9.17, 15) is 13.2 Å². The van der Waals surface area contributed by atoms with E-state index < -0.39 is 24.3 Å². The lowest BCUT2D eigenvalue weighted by Gasteiger charge is -2.38. The molecule has 37 heavy (non-hydrogen) atoms. The van der Waals surface area contributed by atoms with Crippen LogP contribution in [0.2, 0.25) is 18.1 Å². The van der Waals surface area contributed by atoms with E-state index >= 15 is 0 Å². The zero-order valence-electron chi connectivity index (χ0n) is 22.4. The summed E-state index contributed by atoms with van der Waals surface area (Å²) in [6, 6.07) is 20.3. The van der Waals surface area contributed by atoms with E-state index in [0.717, 1.165) is 5.56 Å². The maximum Gasteiger partial charge on any atom is 0.340 e. The van der Waals surface area contributed by atoms with Crippen LogP contribution in [0.25, 0.3) is 0 Å². The normalized spacial score (nSPS) is 12.1. The van der Waals surface area contributed by atoms with E-state index in [4.69, 9.17) is 13.9 Å². The molecule has 3 aromatic carbocycles. The van der Waals surface area contributed by atoms with Crippen molar-refractivity contribution in [2.24, 2.45) is 0 Å². The average molecular weight is 542 g/mol. The molecule has 7 nitrogen and oxygen atoms in total. The van der Waals surface area contributed by atoms with Crippen LogP contribution in [0.15, 0.2) is 77.7 Å². The number of nitrogens with zero attached hydrogens (tertiary/aromatic N) is 1. The second-order valence-corrected chi connectivity index (χ2v) is 16.8. The molecule has 0 fully saturated rings. The number of benzene rings is 3. The molecule has 9 heteroatoms. The summed E-state index contributed by atoms with van der Waals surface area (Å²) in [6.45, 7) is 10.4. The first kappa shape index (κ1) is 28.3. The molecule has 0 radical (unpaired) electrons. The molecule has 0 bridgehead atoms. The lowest BCUT2D eigenvalue weighted by molar-refractivity contribution is 0.0601. The molecule has 0 aromatic heterocycles. The molecule has 0 amide bonds. The van der Waals surface area contributed by atoms with E-state index in [0.29, 0.717) is 11.5 Å². The third-order valence-corrected chi connectivity index (χ3v) is 12.7. The third-order valence-electron chi connectivity index (χ3n) is 6.64. The lowest BCUT2D eigenvalue weighted by atomic mass is 10.1. The summed E-state index contributed by atoms with van der Waals surface area (Å²) in [7, 11) is -3.79. The summed E-state index contributed by atoms with van der Waals surface area (Å²) in [4.78, 5) is 13.0. The number of sulfonamides is 1. The van der Waals surface area contributed by atoms with Crippen molar-refractivity contribution in [1.82, 2.24) is 0 Å². The predicted octanol–water partition coefficient (Wildman–Crippen LogP) is 6.26. The van der Waals surface area contributed by atoms with E-state index in [1.807, 2.05) is 30.3 Å². The van der Waals surface area contributed by atoms with Crippen LogP contribution in [0.5, 0.6) is 11.5 Å². The van der Waals surface area contributed by atoms with Crippen LogP contribution in [0.3, 0.4) is 0 Å². The number of ether oxygens (including phenoxy) is 2. The maximum atomic E-state index is 14.2. The van der Waals surface area contributed by atoms with Gasteiger partial charge in [0.25, 0.3) is 18.3 Å². The lowest BCUT2D eigenvalue weighted by Crippen LogP contribution is -2.44. The van der Waals surface area contributed by atoms with Gasteiger partial charge in [0.2, 0.25) is 0 Å². The molecule has 0 atom stereocenters. The molecule has 0 spiro atoms. The molecule has 0 unspecified atom stereocenters. The van der Waals surface area contributed by atoms with Gasteiger partial charge in [-0.3, -0.25) is 4.31 Å². The quantitative estimate of drug-likeness (QED) is 0.235. The summed E-state index contributed by atoms with van der Waals surface area (Å²) in [5.41, 5.74) is 1.00. The Labute approximate surface area is 221 Å². The Hall–Kier alpha value is -3.30. The Balaban J connectivity index is 2.31. The van der Waals surface area contributed by atoms with Crippen molar-refractivity contribution in [2.45, 2.75) is 50.3 Å². The first-order chi connectivity index (χ1) is 17.3. The van der Waals surface area contributed by atoms with Gasteiger partial charge in [-0.05, 0) is 60.1 Å². The molecule has 0 aliphatic carbocycles. The molecule has 0 saturated carbocycles. The highest BCUT2D eigenvalue weighted by atomic mass is 32.2. The van der Waals surface area contributed by atoms with Gasteiger partial charge in [0.15, 0.2) is 0 Å². The standard InChI is InChI=1S/C28H35NO6SSi/c1-28(2,3)37(6,7)35-25-15-11-14-24(27(30)34-5)26(25)29(20-21-12-9-8-10-13-21)36(31,32)23-18-16-22(33-4)17-19-23/h8-19H,20H2,1-7H3. The summed E-state index contributed by atoms with van der Waals surface area (Å²) in [5, 5.41) is -0.162. The SMILES string of the molecule is COC(=O)c1cccc(O[Si](C)(C)C(C)(C)C)c1N(Cc1ccccc1)S(=O)(=O)c1ccc(OC)cc1. The van der Waals surface area contributed by atoms with E-state index in [2.05, 4.69) is 33.9 Å². The van der Waals surface area contributed by atoms with Crippen LogP contribution >= 0.6 is 0 Å². The topological polar surface area (TPSA) is 82.1 Å². The Morgan fingerprint density at radius 2 is 1.51 bits per heavy atom. The number of carbonyl (C=O) groups is 1. The Kier molecular flexibility index (Phi) is 8.39. The summed E-state index contributed by atoms with van der Waals surface area (Å²) < 4.78 is 46.5. The van der Waals surface area contributed by atoms with Gasteiger partial charge in [0.1, 0.15) is 17.2 Å². The number of carbonyl (C=O) groups excluding carboxylic acids is 1. The zero-order valence-corrected chi connectivity index (χ0v) is 24.3. The number of hydrogen-bond donors (Lipinski definition) is 0. The van der Waals surface area contributed by atoms with Crippen molar-refractivity contribution in [1.29, 1.82) is 0 Å². The minimum absolute atomic E-state index is 0.0168. The van der Waals surface area contributed by atoms with Gasteiger partial charge in [-0.1, -0.05) is 57.2 Å². The van der Waals surface area contributed by atoms with Crippen LogP contribution in [0.4, 0.5) is 5.69 Å². The molecule has 198 valence electrons. The van der Waals surface area contributed by atoms with Gasteiger partial charge in [-0.2, -0.15) is 0 Å². The van der Waals surface area contributed by atoms with E-state index in [1.165, 1.54) is 30.7 Å². The molecule has 0 N–H and O–H groups in total. The number of methoxy groups -OCH3 is 2. The minimum atomic E-state index is -4.15. The van der Waals surface area contributed by atoms with Gasteiger partial charge in [-0.25, -0.2) is 13.2 Å². The molecule has 3 aromatic rings. The second-order valence-electron chi connectivity index (χ2n) is 10.2. The summed E-state index contributed by atoms with van der Waals surface area (Å²) in [6.07, 6.45) is 0. The summed E-state index contributed by atoms with van der Waals surface area (Å²) in [5.74, 6) is 0.201. The van der Waals surface area contributed by atoms with Gasteiger partial charge in [0.05, 0.1) is 31.2 Å². The smallest absolute Gasteiger partial charge is 0.340 e. The van der Waals surface area contributed by atoms with Crippen molar-refractivity contribution in [3.05, 3.63) is 83.9 Å². The molecule has 0 aliphatic heterocycles. The van der Waals surface area contributed by atoms with Crippen LogP contribution in [-0.2, 0) is 21.3 Å². The van der Waals surface area contributed by atoms with E-state index in [1.54, 1.807) is 30.3 Å². The Morgan fingerprint density at radius 3 is 2.05 bits per heavy atom. The number of hydrogen-bond acceptors (Lipinski definition) is 6. The summed E-state index contributed by atoms with van der Waals surface area (Å²) >= 11 is 0. The van der Waals surface area contributed by atoms with Crippen LogP contribution in [-0.4, -0.2) is 36.9 Å². The molecular formula is C28H35NO6SSi. The Bertz CT molecular complexity index is 1330. The van der Waals surface area contributed by atoms with Crippen molar-refractivity contribution < 1.29 is 27.1 Å². The van der Waals surface area contributed by atoms with Gasteiger partial charge >= 0.3 is 5.97 Å². The van der Waals surface area contributed by atoms with Crippen molar-refractivity contribution in [2.75, 3.05) is 18.5 Å². The number of para-hydroxylation sites is 1. The monoisotopic (exact) mass is 541 g/mol. The van der Waals surface area contributed by atoms with Crippen LogP contribution < -0.4 is 13.5 Å². The number of anilines is 1. The van der Waals surface area contributed by atoms with Crippen LogP contribution in [0.1, 0.15) is 36.7 Å². The fourth-order valence-corrected chi connectivity index (χ4v) is 5.98. The zero-order chi connectivity index (χ0) is 27.4. The van der Waals surface area contributed by atoms with Gasteiger partial charge in [-0.15, -0.1) is 0 Å².